The molecule has 16 heteroatoms. The van der Waals surface area contributed by atoms with Crippen molar-refractivity contribution in [2.75, 3.05) is 39.1 Å². The van der Waals surface area contributed by atoms with Crippen molar-refractivity contribution in [2.45, 2.75) is 52.6 Å². The minimum atomic E-state index is -0.825. The van der Waals surface area contributed by atoms with E-state index in [4.69, 9.17) is 32.7 Å². The maximum Gasteiger partial charge on any atom is 0.327 e. The maximum absolute atomic E-state index is 13.6. The Morgan fingerprint density at radius 1 is 0.395 bits per heavy atom. The van der Waals surface area contributed by atoms with Crippen LogP contribution in [0.1, 0.15) is 124 Å². The number of carbonyl (C=O) groups is 10. The third-order valence-corrected chi connectivity index (χ3v) is 12.9. The van der Waals surface area contributed by atoms with Crippen molar-refractivity contribution in [3.63, 3.8) is 0 Å². The molecule has 0 radical (unpaired) electrons. The fraction of sp³-hybridized carbons (Fsp3) is 0.233. The number of hydrogen-bond acceptors (Lipinski definition) is 14. The predicted molar refractivity (Wildman–Crippen MR) is 288 cm³/mol. The molecule has 6 aromatic carbocycles. The first kappa shape index (κ1) is 59.0. The van der Waals surface area contributed by atoms with Gasteiger partial charge in [0.05, 0.1) is 39.1 Å². The fourth-order valence-electron chi connectivity index (χ4n) is 8.69. The van der Waals surface area contributed by atoms with E-state index in [0.717, 1.165) is 0 Å². The van der Waals surface area contributed by atoms with E-state index in [1.165, 1.54) is 14.2 Å². The van der Waals surface area contributed by atoms with Crippen LogP contribution in [0, 0.1) is 0 Å². The Kier molecular flexibility index (Phi) is 21.0. The van der Waals surface area contributed by atoms with Gasteiger partial charge in [0.1, 0.15) is 12.1 Å². The van der Waals surface area contributed by atoms with Gasteiger partial charge in [0.15, 0.2) is 46.3 Å². The molecular weight excluding hydrogens is 1010 g/mol. The molecule has 14 nitrogen and oxygen atoms in total. The van der Waals surface area contributed by atoms with Gasteiger partial charge in [0, 0.05) is 70.2 Å². The van der Waals surface area contributed by atoms with E-state index in [-0.39, 0.29) is 145 Å². The molecule has 0 fully saturated rings. The number of esters is 2. The molecular formula is C60H56Cl2N2O12. The molecule has 0 aliphatic heterocycles. The molecule has 0 spiro atoms. The number of ether oxygens (including phenoxy) is 2. The highest BCUT2D eigenvalue weighted by molar-refractivity contribution is 6.30. The third kappa shape index (κ3) is 13.9. The van der Waals surface area contributed by atoms with Gasteiger partial charge >= 0.3 is 11.9 Å². The van der Waals surface area contributed by atoms with E-state index >= 15 is 0 Å². The van der Waals surface area contributed by atoms with Crippen molar-refractivity contribution >= 4 is 81.4 Å². The van der Waals surface area contributed by atoms with Crippen LogP contribution in [-0.4, -0.2) is 97.3 Å². The molecule has 0 amide bonds. The van der Waals surface area contributed by atoms with Crippen LogP contribution in [0.4, 0.5) is 0 Å². The van der Waals surface area contributed by atoms with Crippen LogP contribution in [0.3, 0.4) is 0 Å². The number of rotatable bonds is 20. The molecule has 2 N–H and O–H groups in total. The lowest BCUT2D eigenvalue weighted by molar-refractivity contribution is -0.144. The van der Waals surface area contributed by atoms with Crippen LogP contribution in [0.2, 0.25) is 0 Å². The topological polar surface area (TPSA) is 213 Å². The number of hydrogen-bond donors (Lipinski definition) is 2. The molecule has 0 saturated carbocycles. The standard InChI is InChI=1S/C38H34N2O8.C20H14Cl2O4.2CH4/c1-47-37(45)33(25-9-5-3-6-10-25)39-21-27(41)17-23-13-15-29-31(19-23)36(44)32-20-24(14-16-30(32)35(29)43)18-28(42)22-40-34(38(46)48-2)26-11-7-4-8-12-26;21-9-13(23)5-11-1-3-15-17(7-11)20(26)18-8-12(6-14(24)10-22)2-4-16(18)19(15)25;;/h3-16,19-20,33-34,39-40H,17-18,21-22H2,1-2H3;1-4,7-8H,5-6,9-10H2;2*1H4/t33-,34+;;;. The summed E-state index contributed by atoms with van der Waals surface area (Å²) in [4.78, 5) is 126. The Morgan fingerprint density at radius 2 is 0.658 bits per heavy atom. The molecule has 0 aromatic heterocycles. The van der Waals surface area contributed by atoms with Crippen LogP contribution in [0.15, 0.2) is 133 Å². The second kappa shape index (κ2) is 27.1. The molecule has 0 saturated heterocycles. The number of Topliss-reactive ketones (excluding diaryl/α,β-unsaturated/α-hetero) is 4. The van der Waals surface area contributed by atoms with Crippen LogP contribution in [-0.2, 0) is 63.9 Å². The highest BCUT2D eigenvalue weighted by Gasteiger charge is 2.32. The number of alkyl halides is 2. The Hall–Kier alpha value is -7.88. The van der Waals surface area contributed by atoms with E-state index < -0.39 is 24.0 Å². The van der Waals surface area contributed by atoms with Gasteiger partial charge in [0.2, 0.25) is 0 Å². The van der Waals surface area contributed by atoms with Crippen LogP contribution < -0.4 is 10.6 Å². The predicted octanol–water partition coefficient (Wildman–Crippen LogP) is 8.13. The second-order valence-electron chi connectivity index (χ2n) is 17.5. The smallest absolute Gasteiger partial charge is 0.327 e. The Balaban J connectivity index is 0.000000322. The zero-order valence-corrected chi connectivity index (χ0v) is 41.7. The first-order valence-corrected chi connectivity index (χ1v) is 24.3. The van der Waals surface area contributed by atoms with E-state index in [9.17, 15) is 47.9 Å². The fourth-order valence-corrected chi connectivity index (χ4v) is 8.88. The number of halogens is 2. The van der Waals surface area contributed by atoms with E-state index in [0.29, 0.717) is 44.5 Å². The average Bonchev–Trinajstić information content (AvgIpc) is 3.42. The summed E-state index contributed by atoms with van der Waals surface area (Å²) in [6.07, 6.45) is 0.146. The number of fused-ring (bicyclic) bond motifs is 4. The summed E-state index contributed by atoms with van der Waals surface area (Å²) in [6.45, 7) is -0.251. The summed E-state index contributed by atoms with van der Waals surface area (Å²) in [7, 11) is 2.55. The lowest BCUT2D eigenvalue weighted by Gasteiger charge is -2.19. The number of carbonyl (C=O) groups excluding carboxylic acids is 10. The molecule has 2 atom stereocenters. The zero-order valence-electron chi connectivity index (χ0n) is 40.2. The van der Waals surface area contributed by atoms with Crippen LogP contribution in [0.5, 0.6) is 0 Å². The van der Waals surface area contributed by atoms with E-state index in [1.807, 2.05) is 12.1 Å². The SMILES string of the molecule is C.C.COC(=O)[C@@H](NCC(=O)Cc1ccc2c(c1)C(=O)c1cc(CC(=O)CN[C@@H](C(=O)OC)c3ccccc3)ccc1C2=O)c1ccccc1.O=C(CCl)Cc1ccc2c(c1)C(=O)c1cc(CC(=O)CCl)ccc1C2=O. The molecule has 392 valence electrons. The van der Waals surface area contributed by atoms with Gasteiger partial charge < -0.3 is 9.47 Å². The summed E-state index contributed by atoms with van der Waals surface area (Å²) in [5.74, 6) is -3.31. The molecule has 6 aromatic rings. The van der Waals surface area contributed by atoms with Gasteiger partial charge in [0.25, 0.3) is 0 Å². The molecule has 2 aliphatic rings. The molecule has 0 unspecified atom stereocenters. The van der Waals surface area contributed by atoms with Crippen molar-refractivity contribution in [1.29, 1.82) is 0 Å². The van der Waals surface area contributed by atoms with Crippen molar-refractivity contribution in [3.05, 3.63) is 211 Å². The minimum Gasteiger partial charge on any atom is -0.468 e. The van der Waals surface area contributed by atoms with Gasteiger partial charge in [-0.1, -0.05) is 124 Å². The summed E-state index contributed by atoms with van der Waals surface area (Å²) in [5.41, 5.74) is 5.64. The van der Waals surface area contributed by atoms with E-state index in [1.54, 1.807) is 121 Å². The molecule has 8 rings (SSSR count). The van der Waals surface area contributed by atoms with Gasteiger partial charge in [-0.15, -0.1) is 23.2 Å². The first-order valence-electron chi connectivity index (χ1n) is 23.3. The summed E-state index contributed by atoms with van der Waals surface area (Å²) in [6, 6.07) is 35.2. The largest absolute Gasteiger partial charge is 0.468 e. The minimum absolute atomic E-state index is 0. The molecule has 2 aliphatic carbocycles. The van der Waals surface area contributed by atoms with Crippen molar-refractivity contribution in [2.24, 2.45) is 0 Å². The van der Waals surface area contributed by atoms with Gasteiger partial charge in [-0.05, 0) is 57.6 Å². The summed E-state index contributed by atoms with van der Waals surface area (Å²) >= 11 is 11.1. The summed E-state index contributed by atoms with van der Waals surface area (Å²) in [5, 5.41) is 5.90. The van der Waals surface area contributed by atoms with Crippen LogP contribution in [0.25, 0.3) is 0 Å². The van der Waals surface area contributed by atoms with E-state index in [2.05, 4.69) is 10.6 Å². The molecule has 0 heterocycles. The maximum atomic E-state index is 13.6. The van der Waals surface area contributed by atoms with Gasteiger partial charge in [-0.2, -0.15) is 0 Å². The number of nitrogens with one attached hydrogen (secondary N) is 2. The lowest BCUT2D eigenvalue weighted by atomic mass is 9.82. The Bertz CT molecular complexity index is 3020. The Labute approximate surface area is 450 Å². The zero-order chi connectivity index (χ0) is 53.1. The normalized spacial score (nSPS) is 12.6. The van der Waals surface area contributed by atoms with Gasteiger partial charge in [-0.3, -0.25) is 49.0 Å². The second-order valence-corrected chi connectivity index (χ2v) is 18.0. The highest BCUT2D eigenvalue weighted by atomic mass is 35.5. The van der Waals surface area contributed by atoms with Crippen molar-refractivity contribution in [1.82, 2.24) is 10.6 Å². The van der Waals surface area contributed by atoms with Crippen molar-refractivity contribution < 1.29 is 57.4 Å². The molecule has 76 heavy (non-hydrogen) atoms. The lowest BCUT2D eigenvalue weighted by Crippen LogP contribution is -2.34. The first-order chi connectivity index (χ1) is 35.6. The quantitative estimate of drug-likeness (QED) is 0.0545. The highest BCUT2D eigenvalue weighted by Crippen LogP contribution is 2.31. The Morgan fingerprint density at radius 3 is 0.921 bits per heavy atom. The van der Waals surface area contributed by atoms with Crippen molar-refractivity contribution in [3.8, 4) is 0 Å². The average molecular weight is 1070 g/mol. The monoisotopic (exact) mass is 1070 g/mol. The van der Waals surface area contributed by atoms with Gasteiger partial charge in [-0.25, -0.2) is 9.59 Å². The third-order valence-electron chi connectivity index (χ3n) is 12.3. The number of ketones is 8. The summed E-state index contributed by atoms with van der Waals surface area (Å²) < 4.78 is 9.78. The van der Waals surface area contributed by atoms with Crippen LogP contribution >= 0.6 is 23.2 Å². The number of methoxy groups -OCH3 is 2. The molecule has 0 bridgehead atoms. The number of benzene rings is 6.